The molecule has 2 amide bonds. The Kier molecular flexibility index (Phi) is 3.36. The lowest BCUT2D eigenvalue weighted by Crippen LogP contribution is -2.37. The number of amides is 2. The number of carbonyl (C=O) groups is 2. The van der Waals surface area contributed by atoms with Gasteiger partial charge in [-0.1, -0.05) is 47.8 Å². The predicted octanol–water partition coefficient (Wildman–Crippen LogP) is 3.73. The zero-order valence-corrected chi connectivity index (χ0v) is 15.6. The Bertz CT molecular complexity index is 600. The molecule has 0 radical (unpaired) electrons. The van der Waals surface area contributed by atoms with Crippen molar-refractivity contribution in [2.75, 3.05) is 4.90 Å². The van der Waals surface area contributed by atoms with Crippen molar-refractivity contribution in [1.29, 1.82) is 0 Å². The van der Waals surface area contributed by atoms with Crippen molar-refractivity contribution >= 4 is 65.3 Å². The number of imide groups is 1. The van der Waals surface area contributed by atoms with Crippen molar-refractivity contribution in [3.63, 3.8) is 0 Å². The van der Waals surface area contributed by atoms with Crippen molar-refractivity contribution in [3.8, 4) is 0 Å². The molecule has 1 aromatic carbocycles. The highest BCUT2D eigenvalue weighted by Crippen LogP contribution is 2.60. The van der Waals surface area contributed by atoms with Crippen LogP contribution in [-0.2, 0) is 9.59 Å². The van der Waals surface area contributed by atoms with Crippen LogP contribution in [0.1, 0.15) is 6.42 Å². The molecule has 110 valence electrons. The normalized spacial score (nSPS) is 41.0. The molecule has 3 aliphatic rings. The van der Waals surface area contributed by atoms with Crippen LogP contribution in [0.3, 0.4) is 0 Å². The summed E-state index contributed by atoms with van der Waals surface area (Å²) in [6, 6.07) is 7.36. The van der Waals surface area contributed by atoms with Gasteiger partial charge in [0.25, 0.3) is 0 Å². The number of nitrogens with zero attached hydrogens (tertiary/aromatic N) is 1. The van der Waals surface area contributed by atoms with Crippen molar-refractivity contribution in [2.45, 2.75) is 16.1 Å². The number of alkyl halides is 2. The van der Waals surface area contributed by atoms with Gasteiger partial charge in [0.1, 0.15) is 0 Å². The van der Waals surface area contributed by atoms with E-state index in [2.05, 4.69) is 47.8 Å². The van der Waals surface area contributed by atoms with Gasteiger partial charge in [-0.25, -0.2) is 0 Å². The third kappa shape index (κ3) is 1.88. The van der Waals surface area contributed by atoms with Crippen LogP contribution in [0.5, 0.6) is 0 Å². The molecular formula is C15H12Br3NO2. The summed E-state index contributed by atoms with van der Waals surface area (Å²) in [7, 11) is 0. The molecule has 1 aliphatic heterocycles. The van der Waals surface area contributed by atoms with Crippen molar-refractivity contribution < 1.29 is 9.59 Å². The van der Waals surface area contributed by atoms with E-state index in [0.29, 0.717) is 5.69 Å². The van der Waals surface area contributed by atoms with Crippen LogP contribution in [0.25, 0.3) is 0 Å². The number of fused-ring (bicyclic) bond motifs is 5. The number of rotatable bonds is 1. The van der Waals surface area contributed by atoms with Gasteiger partial charge >= 0.3 is 0 Å². The summed E-state index contributed by atoms with van der Waals surface area (Å²) in [5.41, 5.74) is 0.680. The molecule has 2 bridgehead atoms. The van der Waals surface area contributed by atoms with E-state index in [1.54, 1.807) is 0 Å². The lowest BCUT2D eigenvalue weighted by atomic mass is 9.81. The molecule has 6 heteroatoms. The zero-order chi connectivity index (χ0) is 14.9. The molecule has 0 aromatic heterocycles. The second-order valence-corrected chi connectivity index (χ2v) is 9.02. The van der Waals surface area contributed by atoms with E-state index in [4.69, 9.17) is 0 Å². The smallest absolute Gasteiger partial charge is 0.238 e. The molecule has 21 heavy (non-hydrogen) atoms. The van der Waals surface area contributed by atoms with Crippen molar-refractivity contribution in [2.24, 2.45) is 23.7 Å². The van der Waals surface area contributed by atoms with E-state index in [9.17, 15) is 9.59 Å². The first-order chi connectivity index (χ1) is 10.0. The summed E-state index contributed by atoms with van der Waals surface area (Å²) in [6.45, 7) is 0. The largest absolute Gasteiger partial charge is 0.274 e. The summed E-state index contributed by atoms with van der Waals surface area (Å²) in [6.07, 6.45) is 0.965. The maximum absolute atomic E-state index is 12.8. The van der Waals surface area contributed by atoms with Gasteiger partial charge in [0.2, 0.25) is 11.8 Å². The maximum Gasteiger partial charge on any atom is 0.238 e. The van der Waals surface area contributed by atoms with Crippen LogP contribution in [0.15, 0.2) is 28.7 Å². The molecule has 6 atom stereocenters. The minimum atomic E-state index is -0.149. The molecule has 0 spiro atoms. The molecule has 2 saturated carbocycles. The fourth-order valence-corrected chi connectivity index (χ4v) is 6.33. The summed E-state index contributed by atoms with van der Waals surface area (Å²) in [4.78, 5) is 27.5. The highest BCUT2D eigenvalue weighted by molar-refractivity contribution is 9.12. The lowest BCUT2D eigenvalue weighted by Gasteiger charge is -2.28. The molecule has 4 rings (SSSR count). The first kappa shape index (κ1) is 14.4. The molecular weight excluding hydrogens is 466 g/mol. The fourth-order valence-electron chi connectivity index (χ4n) is 4.19. The Morgan fingerprint density at radius 3 is 1.86 bits per heavy atom. The number of hydrogen-bond donors (Lipinski definition) is 0. The minimum absolute atomic E-state index is 0.0244. The minimum Gasteiger partial charge on any atom is -0.274 e. The van der Waals surface area contributed by atoms with Gasteiger partial charge in [0.05, 0.1) is 17.5 Å². The molecule has 6 unspecified atom stereocenters. The van der Waals surface area contributed by atoms with Gasteiger partial charge in [-0.05, 0) is 42.5 Å². The second kappa shape index (κ2) is 4.90. The molecule has 3 nitrogen and oxygen atoms in total. The fraction of sp³-hybridized carbons (Fsp3) is 0.467. The van der Waals surface area contributed by atoms with E-state index in [1.165, 1.54) is 4.90 Å². The average Bonchev–Trinajstić information content (AvgIpc) is 3.06. The zero-order valence-electron chi connectivity index (χ0n) is 10.9. The Labute approximate surface area is 147 Å². The van der Waals surface area contributed by atoms with Gasteiger partial charge in [0, 0.05) is 14.1 Å². The van der Waals surface area contributed by atoms with Gasteiger partial charge in [-0.2, -0.15) is 0 Å². The number of hydrogen-bond acceptors (Lipinski definition) is 2. The molecule has 2 aliphatic carbocycles. The quantitative estimate of drug-likeness (QED) is 0.456. The van der Waals surface area contributed by atoms with Crippen molar-refractivity contribution in [1.82, 2.24) is 0 Å². The summed E-state index contributed by atoms with van der Waals surface area (Å²) in [5, 5.41) is 0. The first-order valence-corrected chi connectivity index (χ1v) is 9.54. The van der Waals surface area contributed by atoms with Crippen molar-refractivity contribution in [3.05, 3.63) is 28.7 Å². The van der Waals surface area contributed by atoms with Gasteiger partial charge in [-0.15, -0.1) is 0 Å². The first-order valence-electron chi connectivity index (χ1n) is 6.92. The van der Waals surface area contributed by atoms with E-state index in [1.807, 2.05) is 24.3 Å². The number of anilines is 1. The Morgan fingerprint density at radius 1 is 0.905 bits per heavy atom. The second-order valence-electron chi connectivity index (χ2n) is 5.99. The van der Waals surface area contributed by atoms with Gasteiger partial charge in [0.15, 0.2) is 0 Å². The van der Waals surface area contributed by atoms with E-state index in [-0.39, 0.29) is 45.1 Å². The average molecular weight is 478 g/mol. The predicted molar refractivity (Wildman–Crippen MR) is 90.6 cm³/mol. The molecule has 1 heterocycles. The lowest BCUT2D eigenvalue weighted by molar-refractivity contribution is -0.123. The molecule has 3 fully saturated rings. The van der Waals surface area contributed by atoms with Crippen LogP contribution in [0, 0.1) is 23.7 Å². The van der Waals surface area contributed by atoms with Gasteiger partial charge in [-0.3, -0.25) is 14.5 Å². The Morgan fingerprint density at radius 2 is 1.38 bits per heavy atom. The third-order valence-electron chi connectivity index (χ3n) is 5.07. The van der Waals surface area contributed by atoms with E-state index < -0.39 is 0 Å². The highest BCUT2D eigenvalue weighted by Gasteiger charge is 2.66. The number of halogens is 3. The molecule has 0 N–H and O–H groups in total. The van der Waals surface area contributed by atoms with Crippen LogP contribution in [-0.4, -0.2) is 21.5 Å². The monoisotopic (exact) mass is 475 g/mol. The number of benzene rings is 1. The molecule has 1 saturated heterocycles. The van der Waals surface area contributed by atoms with E-state index >= 15 is 0 Å². The maximum atomic E-state index is 12.8. The SMILES string of the molecule is O=C1C2C3CC(C(Br)C3Br)C2C(=O)N1c1ccc(Br)cc1. The standard InChI is InChI=1S/C15H12Br3NO2/c16-6-1-3-7(4-2-6)19-14(20)10-8-5-9(11(10)15(19)21)13(18)12(8)17/h1-4,8-13H,5H2. The summed E-state index contributed by atoms with van der Waals surface area (Å²) >= 11 is 10.8. The Balaban J connectivity index is 1.73. The van der Waals surface area contributed by atoms with E-state index in [0.717, 1.165) is 10.9 Å². The van der Waals surface area contributed by atoms with Crippen LogP contribution in [0.4, 0.5) is 5.69 Å². The Hall–Kier alpha value is -0.200. The van der Waals surface area contributed by atoms with Crippen LogP contribution >= 0.6 is 47.8 Å². The third-order valence-corrected chi connectivity index (χ3v) is 8.81. The van der Waals surface area contributed by atoms with Crippen LogP contribution < -0.4 is 4.90 Å². The topological polar surface area (TPSA) is 37.4 Å². The summed E-state index contributed by atoms with van der Waals surface area (Å²) < 4.78 is 0.937. The highest BCUT2D eigenvalue weighted by atomic mass is 79.9. The van der Waals surface area contributed by atoms with Gasteiger partial charge < -0.3 is 0 Å². The van der Waals surface area contributed by atoms with Crippen LogP contribution in [0.2, 0.25) is 0 Å². The summed E-state index contributed by atoms with van der Waals surface area (Å²) in [5.74, 6) is 0.184. The number of carbonyl (C=O) groups excluding carboxylic acids is 2. The molecule has 1 aromatic rings.